The Kier molecular flexibility index (Phi) is 3.94. The Morgan fingerprint density at radius 1 is 0.714 bits per heavy atom. The van der Waals surface area contributed by atoms with Gasteiger partial charge in [0, 0.05) is 23.0 Å². The first kappa shape index (κ1) is 16.7. The second-order valence-electron chi connectivity index (χ2n) is 6.99. The third-order valence-electron chi connectivity index (χ3n) is 5.50. The number of allylic oxidation sites excluding steroid dienone is 1. The highest BCUT2D eigenvalue weighted by Crippen LogP contribution is 2.42. The molecule has 1 aromatic heterocycles. The van der Waals surface area contributed by atoms with Crippen LogP contribution in [0.15, 0.2) is 78.9 Å². The normalized spacial score (nSPS) is 13.1. The fourth-order valence-electron chi connectivity index (χ4n) is 4.09. The molecule has 0 saturated heterocycles. The van der Waals surface area contributed by atoms with E-state index >= 15 is 0 Å². The number of benzene rings is 3. The average molecular weight is 367 g/mol. The first-order valence-corrected chi connectivity index (χ1v) is 9.39. The lowest BCUT2D eigenvalue weighted by atomic mass is 9.94. The van der Waals surface area contributed by atoms with E-state index in [-0.39, 0.29) is 0 Å². The fourth-order valence-corrected chi connectivity index (χ4v) is 4.09. The van der Waals surface area contributed by atoms with Gasteiger partial charge in [-0.15, -0.1) is 0 Å². The van der Waals surface area contributed by atoms with Crippen molar-refractivity contribution >= 4 is 22.0 Å². The third kappa shape index (κ3) is 2.59. The van der Waals surface area contributed by atoms with Gasteiger partial charge in [0.1, 0.15) is 11.5 Å². The highest BCUT2D eigenvalue weighted by molar-refractivity contribution is 6.04. The molecule has 0 N–H and O–H groups in total. The van der Waals surface area contributed by atoms with E-state index in [2.05, 4.69) is 59.2 Å². The molecule has 0 fully saturated rings. The Morgan fingerprint density at radius 3 is 1.96 bits per heavy atom. The molecule has 0 bridgehead atoms. The van der Waals surface area contributed by atoms with Gasteiger partial charge in [-0.2, -0.15) is 0 Å². The zero-order valence-corrected chi connectivity index (χ0v) is 16.0. The highest BCUT2D eigenvalue weighted by Gasteiger charge is 2.25. The number of hydrogen-bond donors (Lipinski definition) is 0. The van der Waals surface area contributed by atoms with Gasteiger partial charge in [-0.05, 0) is 53.1 Å². The van der Waals surface area contributed by atoms with Crippen molar-refractivity contribution in [3.63, 3.8) is 0 Å². The minimum Gasteiger partial charge on any atom is -0.497 e. The summed E-state index contributed by atoms with van der Waals surface area (Å²) < 4.78 is 13.1. The number of rotatable bonds is 4. The van der Waals surface area contributed by atoms with E-state index < -0.39 is 0 Å². The highest BCUT2D eigenvalue weighted by atomic mass is 16.5. The maximum atomic E-state index is 5.35. The van der Waals surface area contributed by atoms with Crippen LogP contribution in [0.5, 0.6) is 11.5 Å². The van der Waals surface area contributed by atoms with Crippen molar-refractivity contribution < 1.29 is 9.47 Å². The summed E-state index contributed by atoms with van der Waals surface area (Å²) in [6.07, 6.45) is 0. The number of aromatic nitrogens is 1. The Bertz CT molecular complexity index is 1180. The van der Waals surface area contributed by atoms with E-state index in [1.165, 1.54) is 38.9 Å². The zero-order chi connectivity index (χ0) is 19.1. The Balaban J connectivity index is 1.72. The lowest BCUT2D eigenvalue weighted by Gasteiger charge is -2.10. The van der Waals surface area contributed by atoms with Crippen LogP contribution in [0.3, 0.4) is 0 Å². The molecule has 0 aliphatic carbocycles. The van der Waals surface area contributed by atoms with Gasteiger partial charge in [-0.1, -0.05) is 42.5 Å². The van der Waals surface area contributed by atoms with Crippen LogP contribution in [-0.4, -0.2) is 18.8 Å². The van der Waals surface area contributed by atoms with Gasteiger partial charge in [0.25, 0.3) is 0 Å². The molecule has 3 heteroatoms. The summed E-state index contributed by atoms with van der Waals surface area (Å²) in [7, 11) is 3.40. The lowest BCUT2D eigenvalue weighted by Crippen LogP contribution is -1.95. The summed E-state index contributed by atoms with van der Waals surface area (Å²) in [4.78, 5) is 0. The van der Waals surface area contributed by atoms with Gasteiger partial charge in [0.2, 0.25) is 0 Å². The van der Waals surface area contributed by atoms with Crippen molar-refractivity contribution in [2.75, 3.05) is 14.2 Å². The molecule has 1 aliphatic heterocycles. The second-order valence-corrected chi connectivity index (χ2v) is 6.99. The number of para-hydroxylation sites is 1. The van der Waals surface area contributed by atoms with Crippen LogP contribution in [0, 0.1) is 0 Å². The molecule has 0 saturated carbocycles. The smallest absolute Gasteiger partial charge is 0.118 e. The van der Waals surface area contributed by atoms with Crippen LogP contribution in [0.25, 0.3) is 22.0 Å². The minimum atomic E-state index is 0.858. The van der Waals surface area contributed by atoms with Gasteiger partial charge < -0.3 is 14.0 Å². The van der Waals surface area contributed by atoms with Gasteiger partial charge in [-0.25, -0.2) is 0 Å². The van der Waals surface area contributed by atoms with E-state index in [9.17, 15) is 0 Å². The largest absolute Gasteiger partial charge is 0.497 e. The van der Waals surface area contributed by atoms with Crippen molar-refractivity contribution in [3.05, 3.63) is 95.7 Å². The molecule has 2 heterocycles. The first-order chi connectivity index (χ1) is 13.8. The molecule has 138 valence electrons. The summed E-state index contributed by atoms with van der Waals surface area (Å²) >= 11 is 0. The Labute approximate surface area is 164 Å². The van der Waals surface area contributed by atoms with Crippen molar-refractivity contribution in [2.24, 2.45) is 0 Å². The van der Waals surface area contributed by atoms with Crippen molar-refractivity contribution in [3.8, 4) is 11.5 Å². The summed E-state index contributed by atoms with van der Waals surface area (Å²) in [5.74, 6) is 1.74. The number of fused-ring (bicyclic) bond motifs is 3. The predicted molar refractivity (Wildman–Crippen MR) is 114 cm³/mol. The molecular weight excluding hydrogens is 346 g/mol. The van der Waals surface area contributed by atoms with Crippen LogP contribution in [-0.2, 0) is 6.54 Å². The number of nitrogens with zero attached hydrogens (tertiary/aromatic N) is 1. The molecule has 4 aromatic rings. The average Bonchev–Trinajstić information content (AvgIpc) is 3.30. The van der Waals surface area contributed by atoms with Crippen LogP contribution < -0.4 is 9.47 Å². The quantitative estimate of drug-likeness (QED) is 0.466. The molecule has 0 unspecified atom stereocenters. The van der Waals surface area contributed by atoms with Crippen molar-refractivity contribution in [1.82, 2.24) is 4.57 Å². The number of hydrogen-bond acceptors (Lipinski definition) is 2. The monoisotopic (exact) mass is 367 g/mol. The third-order valence-corrected chi connectivity index (χ3v) is 5.50. The summed E-state index contributed by atoms with van der Waals surface area (Å²) in [6, 6.07) is 27.6. The van der Waals surface area contributed by atoms with Crippen molar-refractivity contribution in [1.29, 1.82) is 0 Å². The maximum absolute atomic E-state index is 5.35. The summed E-state index contributed by atoms with van der Waals surface area (Å²) in [6.45, 7) is 0.858. The minimum absolute atomic E-state index is 0.858. The molecule has 5 rings (SSSR count). The first-order valence-electron chi connectivity index (χ1n) is 9.39. The second kappa shape index (κ2) is 6.61. The number of ether oxygens (including phenoxy) is 2. The Morgan fingerprint density at radius 2 is 1.32 bits per heavy atom. The van der Waals surface area contributed by atoms with Gasteiger partial charge in [0.15, 0.2) is 0 Å². The summed E-state index contributed by atoms with van der Waals surface area (Å²) in [5, 5.41) is 1.28. The van der Waals surface area contributed by atoms with E-state index in [4.69, 9.17) is 9.47 Å². The molecule has 0 atom stereocenters. The van der Waals surface area contributed by atoms with Crippen LogP contribution in [0.4, 0.5) is 0 Å². The van der Waals surface area contributed by atoms with Gasteiger partial charge in [-0.3, -0.25) is 0 Å². The van der Waals surface area contributed by atoms with E-state index in [1.807, 2.05) is 24.3 Å². The van der Waals surface area contributed by atoms with Crippen LogP contribution in [0.2, 0.25) is 0 Å². The van der Waals surface area contributed by atoms with Crippen molar-refractivity contribution in [2.45, 2.75) is 6.54 Å². The van der Waals surface area contributed by atoms with E-state index in [1.54, 1.807) is 14.2 Å². The molecule has 1 aliphatic rings. The maximum Gasteiger partial charge on any atom is 0.118 e. The van der Waals surface area contributed by atoms with Crippen LogP contribution in [0.1, 0.15) is 16.8 Å². The fraction of sp³-hybridized carbons (Fsp3) is 0.120. The SMILES string of the molecule is COc1ccc(C2=C(c3ccc(OC)cc3)c3cc4ccccc4n3C2)cc1. The zero-order valence-electron chi connectivity index (χ0n) is 16.0. The molecule has 0 spiro atoms. The molecule has 0 radical (unpaired) electrons. The predicted octanol–water partition coefficient (Wildman–Crippen LogP) is 5.63. The molecule has 3 aromatic carbocycles. The van der Waals surface area contributed by atoms with Gasteiger partial charge >= 0.3 is 0 Å². The lowest BCUT2D eigenvalue weighted by molar-refractivity contribution is 0.414. The molecular formula is C25H21NO2. The standard InChI is InChI=1S/C25H21NO2/c1-27-20-11-7-17(8-12-20)22-16-26-23-6-4-3-5-19(23)15-24(26)25(22)18-9-13-21(28-2)14-10-18/h3-15H,16H2,1-2H3. The molecule has 3 nitrogen and oxygen atoms in total. The van der Waals surface area contributed by atoms with E-state index in [0.717, 1.165) is 18.0 Å². The van der Waals surface area contributed by atoms with Crippen LogP contribution >= 0.6 is 0 Å². The topological polar surface area (TPSA) is 23.4 Å². The van der Waals surface area contributed by atoms with E-state index in [0.29, 0.717) is 0 Å². The molecule has 0 amide bonds. The number of methoxy groups -OCH3 is 2. The Hall–Kier alpha value is -3.46. The molecule has 28 heavy (non-hydrogen) atoms. The summed E-state index contributed by atoms with van der Waals surface area (Å²) in [5.41, 5.74) is 7.56. The van der Waals surface area contributed by atoms with Gasteiger partial charge in [0.05, 0.1) is 19.9 Å².